The number of benzene rings is 1. The summed E-state index contributed by atoms with van der Waals surface area (Å²) in [5.41, 5.74) is 1.52. The van der Waals surface area contributed by atoms with Crippen LogP contribution in [0.15, 0.2) is 22.6 Å². The fraction of sp³-hybridized carbons (Fsp3) is 0.500. The molecule has 2 amide bonds. The number of aromatic nitrogens is 2. The zero-order valence-electron chi connectivity index (χ0n) is 16.6. The molecule has 2 aliphatic rings. The summed E-state index contributed by atoms with van der Waals surface area (Å²) in [4.78, 5) is 26.1. The molecule has 4 rings (SSSR count). The molecule has 2 heterocycles. The summed E-state index contributed by atoms with van der Waals surface area (Å²) < 4.78 is 56.8. The maximum Gasteiger partial charge on any atom is 0.471 e. The molecule has 1 N–H and O–H groups in total. The van der Waals surface area contributed by atoms with Crippen molar-refractivity contribution in [2.24, 2.45) is 0 Å². The second kappa shape index (κ2) is 7.93. The van der Waals surface area contributed by atoms with Gasteiger partial charge in [0.2, 0.25) is 5.89 Å². The molecule has 1 aromatic heterocycles. The minimum atomic E-state index is -4.98. The Morgan fingerprint density at radius 1 is 1.26 bits per heavy atom. The predicted molar refractivity (Wildman–Crippen MR) is 99.4 cm³/mol. The number of nitrogens with zero attached hydrogens (tertiary/aromatic N) is 3. The van der Waals surface area contributed by atoms with Gasteiger partial charge in [-0.1, -0.05) is 18.9 Å². The second-order valence-electron chi connectivity index (χ2n) is 7.80. The van der Waals surface area contributed by atoms with Crippen LogP contribution in [-0.2, 0) is 11.3 Å². The summed E-state index contributed by atoms with van der Waals surface area (Å²) in [6.07, 6.45) is -4.12. The first-order valence-electron chi connectivity index (χ1n) is 9.94. The van der Waals surface area contributed by atoms with E-state index in [-0.39, 0.29) is 24.2 Å². The number of nitrogens with one attached hydrogen (secondary N) is 1. The molecule has 31 heavy (non-hydrogen) atoms. The highest BCUT2D eigenvalue weighted by molar-refractivity contribution is 5.99. The zero-order valence-corrected chi connectivity index (χ0v) is 16.6. The van der Waals surface area contributed by atoms with Crippen LogP contribution in [0.5, 0.6) is 0 Å². The highest BCUT2D eigenvalue weighted by Gasteiger charge is 2.44. The highest BCUT2D eigenvalue weighted by atomic mass is 19.4. The maximum atomic E-state index is 13.3. The third-order valence-electron chi connectivity index (χ3n) is 5.67. The molecule has 0 saturated heterocycles. The Morgan fingerprint density at radius 2 is 2.00 bits per heavy atom. The number of amides is 2. The second-order valence-corrected chi connectivity index (χ2v) is 7.80. The Bertz CT molecular complexity index is 1000. The van der Waals surface area contributed by atoms with Crippen molar-refractivity contribution < 1.29 is 31.6 Å². The van der Waals surface area contributed by atoms with E-state index in [9.17, 15) is 27.2 Å². The molecule has 0 spiro atoms. The van der Waals surface area contributed by atoms with E-state index in [0.717, 1.165) is 6.42 Å². The number of carbonyl (C=O) groups is 2. The number of fused-ring (bicyclic) bond motifs is 1. The van der Waals surface area contributed by atoms with Crippen LogP contribution >= 0.6 is 0 Å². The van der Waals surface area contributed by atoms with Crippen molar-refractivity contribution in [2.45, 2.75) is 63.6 Å². The molecule has 7 nitrogen and oxygen atoms in total. The first-order chi connectivity index (χ1) is 14.6. The molecular weight excluding hydrogens is 420 g/mol. The van der Waals surface area contributed by atoms with Crippen molar-refractivity contribution in [3.8, 4) is 11.5 Å². The summed E-state index contributed by atoms with van der Waals surface area (Å²) in [5, 5.41) is 9.49. The fourth-order valence-corrected chi connectivity index (χ4v) is 4.14. The van der Waals surface area contributed by atoms with E-state index in [1.54, 1.807) is 18.2 Å². The van der Waals surface area contributed by atoms with E-state index in [2.05, 4.69) is 15.5 Å². The number of hydrogen-bond donors (Lipinski definition) is 1. The van der Waals surface area contributed by atoms with Crippen LogP contribution in [0.2, 0.25) is 0 Å². The average molecular weight is 440 g/mol. The topological polar surface area (TPSA) is 88.3 Å². The van der Waals surface area contributed by atoms with Crippen LogP contribution < -0.4 is 5.32 Å². The summed E-state index contributed by atoms with van der Waals surface area (Å²) in [6.45, 7) is 1.49. The third-order valence-corrected chi connectivity index (χ3v) is 5.67. The minimum absolute atomic E-state index is 0.0709. The maximum absolute atomic E-state index is 13.3. The lowest BCUT2D eigenvalue weighted by atomic mass is 9.89. The first-order valence-corrected chi connectivity index (χ1v) is 9.94. The molecule has 11 heteroatoms. The quantitative estimate of drug-likeness (QED) is 0.733. The highest BCUT2D eigenvalue weighted by Crippen LogP contribution is 2.34. The number of halogens is 4. The molecule has 3 atom stereocenters. The van der Waals surface area contributed by atoms with E-state index >= 15 is 0 Å². The normalized spacial score (nSPS) is 22.4. The molecular formula is C20H20F4N4O3. The van der Waals surface area contributed by atoms with Crippen LogP contribution in [-0.4, -0.2) is 45.2 Å². The zero-order chi connectivity index (χ0) is 22.3. The summed E-state index contributed by atoms with van der Waals surface area (Å²) in [5.74, 6) is -2.44. The van der Waals surface area contributed by atoms with Crippen molar-refractivity contribution in [1.82, 2.24) is 20.4 Å². The van der Waals surface area contributed by atoms with Crippen molar-refractivity contribution in [1.29, 1.82) is 0 Å². The largest absolute Gasteiger partial charge is 0.471 e. The van der Waals surface area contributed by atoms with Gasteiger partial charge in [0.1, 0.15) is 0 Å². The molecule has 1 aliphatic carbocycles. The lowest BCUT2D eigenvalue weighted by Gasteiger charge is -2.38. The van der Waals surface area contributed by atoms with Gasteiger partial charge in [-0.15, -0.1) is 10.2 Å². The van der Waals surface area contributed by atoms with Gasteiger partial charge in [-0.25, -0.2) is 4.39 Å². The SMILES string of the molecule is CC(F)c1nnc(-c2ccc3c(c2)C(=O)N([C@@H]2CCCC[C@H]2NC(=O)C(F)(F)F)C3)o1. The Kier molecular flexibility index (Phi) is 5.44. The Hall–Kier alpha value is -2.98. The molecule has 1 unspecified atom stereocenters. The van der Waals surface area contributed by atoms with Crippen LogP contribution in [0.25, 0.3) is 11.5 Å². The van der Waals surface area contributed by atoms with Gasteiger partial charge in [-0.2, -0.15) is 13.2 Å². The fourth-order valence-electron chi connectivity index (χ4n) is 4.14. The van der Waals surface area contributed by atoms with Crippen LogP contribution in [0.4, 0.5) is 17.6 Å². The van der Waals surface area contributed by atoms with Gasteiger partial charge in [0, 0.05) is 23.7 Å². The lowest BCUT2D eigenvalue weighted by Crippen LogP contribution is -2.55. The van der Waals surface area contributed by atoms with E-state index in [4.69, 9.17) is 4.42 Å². The molecule has 1 aromatic carbocycles. The van der Waals surface area contributed by atoms with E-state index in [0.29, 0.717) is 36.0 Å². The van der Waals surface area contributed by atoms with Gasteiger partial charge >= 0.3 is 12.1 Å². The van der Waals surface area contributed by atoms with Gasteiger partial charge in [-0.3, -0.25) is 9.59 Å². The first kappa shape index (κ1) is 21.3. The lowest BCUT2D eigenvalue weighted by molar-refractivity contribution is -0.175. The van der Waals surface area contributed by atoms with Crippen LogP contribution in [0.1, 0.15) is 60.6 Å². The minimum Gasteiger partial charge on any atom is -0.418 e. The Labute approximate surface area is 174 Å². The molecule has 1 saturated carbocycles. The smallest absolute Gasteiger partial charge is 0.418 e. The Morgan fingerprint density at radius 3 is 2.68 bits per heavy atom. The van der Waals surface area contributed by atoms with Crippen molar-refractivity contribution >= 4 is 11.8 Å². The monoisotopic (exact) mass is 440 g/mol. The average Bonchev–Trinajstić information content (AvgIpc) is 3.33. The van der Waals surface area contributed by atoms with E-state index < -0.39 is 30.3 Å². The Balaban J connectivity index is 1.55. The van der Waals surface area contributed by atoms with Crippen molar-refractivity contribution in [3.05, 3.63) is 35.2 Å². The molecule has 166 valence electrons. The van der Waals surface area contributed by atoms with Crippen molar-refractivity contribution in [2.75, 3.05) is 0 Å². The van der Waals surface area contributed by atoms with Crippen LogP contribution in [0.3, 0.4) is 0 Å². The molecule has 0 bridgehead atoms. The molecule has 0 radical (unpaired) electrons. The predicted octanol–water partition coefficient (Wildman–Crippen LogP) is 3.71. The summed E-state index contributed by atoms with van der Waals surface area (Å²) in [7, 11) is 0. The molecule has 2 aromatic rings. The number of rotatable bonds is 4. The summed E-state index contributed by atoms with van der Waals surface area (Å²) >= 11 is 0. The standard InChI is InChI=1S/C20H20F4N4O3/c1-10(21)16-26-27-17(31-16)11-6-7-12-9-28(18(29)13(12)8-11)15-5-3-2-4-14(15)25-19(30)20(22,23)24/h6-8,10,14-15H,2-5,9H2,1H3,(H,25,30)/t10?,14-,15-/m1/s1. The third kappa shape index (κ3) is 4.13. The van der Waals surface area contributed by atoms with E-state index in [1.165, 1.54) is 11.8 Å². The van der Waals surface area contributed by atoms with Gasteiger partial charge in [-0.05, 0) is 37.5 Å². The number of carbonyl (C=O) groups excluding carboxylic acids is 2. The summed E-state index contributed by atoms with van der Waals surface area (Å²) in [6, 6.07) is 3.62. The molecule has 1 fully saturated rings. The van der Waals surface area contributed by atoms with Gasteiger partial charge in [0.15, 0.2) is 6.17 Å². The van der Waals surface area contributed by atoms with Gasteiger partial charge in [0.25, 0.3) is 11.8 Å². The number of alkyl halides is 4. The van der Waals surface area contributed by atoms with Gasteiger partial charge in [0.05, 0.1) is 6.04 Å². The van der Waals surface area contributed by atoms with Crippen molar-refractivity contribution in [3.63, 3.8) is 0 Å². The van der Waals surface area contributed by atoms with Gasteiger partial charge < -0.3 is 14.6 Å². The number of hydrogen-bond acceptors (Lipinski definition) is 5. The van der Waals surface area contributed by atoms with Crippen LogP contribution in [0, 0.1) is 0 Å². The molecule has 1 aliphatic heterocycles. The van der Waals surface area contributed by atoms with E-state index in [1.807, 2.05) is 0 Å².